The van der Waals surface area contributed by atoms with Crippen molar-refractivity contribution in [2.45, 2.75) is 12.6 Å². The van der Waals surface area contributed by atoms with Gasteiger partial charge in [0.05, 0.1) is 19.3 Å². The number of aliphatic hydroxyl groups excluding tert-OH is 2. The molecule has 0 bridgehead atoms. The molecular weight excluding hydrogens is 146 g/mol. The molecule has 1 aromatic heterocycles. The molecule has 4 N–H and O–H groups in total. The van der Waals surface area contributed by atoms with Crippen LogP contribution < -0.4 is 5.73 Å². The summed E-state index contributed by atoms with van der Waals surface area (Å²) in [5, 5.41) is 17.5. The molecule has 0 aromatic carbocycles. The van der Waals surface area contributed by atoms with Crippen LogP contribution in [0.15, 0.2) is 12.4 Å². The summed E-state index contributed by atoms with van der Waals surface area (Å²) < 4.78 is 1.57. The molecule has 0 aliphatic carbocycles. The van der Waals surface area contributed by atoms with Gasteiger partial charge in [-0.3, -0.25) is 0 Å². The Labute approximate surface area is 64.1 Å². The first-order valence-electron chi connectivity index (χ1n) is 3.29. The predicted molar refractivity (Wildman–Crippen MR) is 39.7 cm³/mol. The smallest absolute Gasteiger partial charge is 0.200 e. The third-order valence-corrected chi connectivity index (χ3v) is 1.37. The monoisotopic (exact) mass is 157 g/mol. The van der Waals surface area contributed by atoms with E-state index in [1.54, 1.807) is 17.0 Å². The number of nitrogens with zero attached hydrogens (tertiary/aromatic N) is 2. The molecule has 62 valence electrons. The number of aliphatic hydroxyl groups is 2. The Morgan fingerprint density at radius 3 is 2.91 bits per heavy atom. The van der Waals surface area contributed by atoms with Crippen molar-refractivity contribution in [3.63, 3.8) is 0 Å². The van der Waals surface area contributed by atoms with Crippen molar-refractivity contribution in [3.05, 3.63) is 12.4 Å². The van der Waals surface area contributed by atoms with E-state index in [0.29, 0.717) is 5.95 Å². The van der Waals surface area contributed by atoms with Gasteiger partial charge in [-0.1, -0.05) is 0 Å². The van der Waals surface area contributed by atoms with Gasteiger partial charge in [-0.2, -0.15) is 0 Å². The molecule has 0 amide bonds. The van der Waals surface area contributed by atoms with Gasteiger partial charge >= 0.3 is 0 Å². The van der Waals surface area contributed by atoms with E-state index >= 15 is 0 Å². The Balaban J connectivity index is 2.56. The van der Waals surface area contributed by atoms with E-state index in [-0.39, 0.29) is 13.2 Å². The number of hydrogen-bond donors (Lipinski definition) is 3. The summed E-state index contributed by atoms with van der Waals surface area (Å²) >= 11 is 0. The quantitative estimate of drug-likeness (QED) is 0.515. The average Bonchev–Trinajstić information content (AvgIpc) is 2.37. The molecule has 5 nitrogen and oxygen atoms in total. The van der Waals surface area contributed by atoms with E-state index in [0.717, 1.165) is 0 Å². The number of aromatic nitrogens is 2. The van der Waals surface area contributed by atoms with Crippen LogP contribution in [0.4, 0.5) is 5.95 Å². The number of nitrogen functional groups attached to an aromatic ring is 1. The third-order valence-electron chi connectivity index (χ3n) is 1.37. The highest BCUT2D eigenvalue weighted by Gasteiger charge is 2.04. The lowest BCUT2D eigenvalue weighted by molar-refractivity contribution is 0.0817. The summed E-state index contributed by atoms with van der Waals surface area (Å²) in [5.74, 6) is 0.345. The molecule has 0 saturated heterocycles. The minimum absolute atomic E-state index is 0.266. The first-order valence-corrected chi connectivity index (χ1v) is 3.29. The van der Waals surface area contributed by atoms with Crippen molar-refractivity contribution in [1.82, 2.24) is 9.55 Å². The lowest BCUT2D eigenvalue weighted by Crippen LogP contribution is -2.20. The van der Waals surface area contributed by atoms with Crippen molar-refractivity contribution in [2.75, 3.05) is 12.3 Å². The van der Waals surface area contributed by atoms with Crippen LogP contribution in [0.1, 0.15) is 0 Å². The molecule has 0 aliphatic heterocycles. The largest absolute Gasteiger partial charge is 0.394 e. The third kappa shape index (κ3) is 1.92. The summed E-state index contributed by atoms with van der Waals surface area (Å²) in [6, 6.07) is 0. The van der Waals surface area contributed by atoms with Gasteiger partial charge < -0.3 is 20.5 Å². The van der Waals surface area contributed by atoms with Gasteiger partial charge in [0, 0.05) is 12.4 Å². The molecule has 0 saturated carbocycles. The number of rotatable bonds is 3. The zero-order valence-corrected chi connectivity index (χ0v) is 6.01. The zero-order valence-electron chi connectivity index (χ0n) is 6.01. The Kier molecular flexibility index (Phi) is 2.45. The SMILES string of the molecule is Nc1nccn1CC(O)CO. The summed E-state index contributed by atoms with van der Waals surface area (Å²) in [6.45, 7) is 0.0138. The maximum absolute atomic E-state index is 9.00. The van der Waals surface area contributed by atoms with Crippen molar-refractivity contribution in [2.24, 2.45) is 0 Å². The van der Waals surface area contributed by atoms with Gasteiger partial charge in [-0.05, 0) is 0 Å². The van der Waals surface area contributed by atoms with Gasteiger partial charge in [0.2, 0.25) is 0 Å². The number of anilines is 1. The Hall–Kier alpha value is -1.07. The fraction of sp³-hybridized carbons (Fsp3) is 0.500. The maximum Gasteiger partial charge on any atom is 0.200 e. The second kappa shape index (κ2) is 3.36. The number of hydrogen-bond acceptors (Lipinski definition) is 4. The van der Waals surface area contributed by atoms with Gasteiger partial charge in [-0.25, -0.2) is 4.98 Å². The van der Waals surface area contributed by atoms with Crippen molar-refractivity contribution < 1.29 is 10.2 Å². The van der Waals surface area contributed by atoms with E-state index in [4.69, 9.17) is 15.9 Å². The molecule has 1 atom stereocenters. The second-order valence-corrected chi connectivity index (χ2v) is 2.27. The van der Waals surface area contributed by atoms with E-state index in [2.05, 4.69) is 4.98 Å². The summed E-state index contributed by atoms with van der Waals surface area (Å²) in [6.07, 6.45) is 2.42. The zero-order chi connectivity index (χ0) is 8.27. The molecule has 0 radical (unpaired) electrons. The lowest BCUT2D eigenvalue weighted by atomic mass is 10.4. The molecule has 1 unspecified atom stereocenters. The van der Waals surface area contributed by atoms with Crippen LogP contribution in [0.25, 0.3) is 0 Å². The summed E-state index contributed by atoms with van der Waals surface area (Å²) in [5.41, 5.74) is 5.40. The minimum atomic E-state index is -0.772. The molecule has 5 heteroatoms. The highest BCUT2D eigenvalue weighted by molar-refractivity contribution is 5.16. The fourth-order valence-corrected chi connectivity index (χ4v) is 0.780. The van der Waals surface area contributed by atoms with E-state index in [1.165, 1.54) is 0 Å². The molecule has 0 spiro atoms. The standard InChI is InChI=1S/C6H11N3O2/c7-6-8-1-2-9(6)3-5(11)4-10/h1-2,5,10-11H,3-4H2,(H2,7,8). The molecular formula is C6H11N3O2. The van der Waals surface area contributed by atoms with Crippen LogP contribution in [0.2, 0.25) is 0 Å². The Morgan fingerprint density at radius 2 is 2.45 bits per heavy atom. The van der Waals surface area contributed by atoms with Crippen LogP contribution in [-0.4, -0.2) is 32.5 Å². The topological polar surface area (TPSA) is 84.3 Å². The van der Waals surface area contributed by atoms with Gasteiger partial charge in [0.15, 0.2) is 5.95 Å². The molecule has 1 heterocycles. The van der Waals surface area contributed by atoms with Gasteiger partial charge in [-0.15, -0.1) is 0 Å². The van der Waals surface area contributed by atoms with Gasteiger partial charge in [0.1, 0.15) is 0 Å². The minimum Gasteiger partial charge on any atom is -0.394 e. The van der Waals surface area contributed by atoms with E-state index in [1.807, 2.05) is 0 Å². The second-order valence-electron chi connectivity index (χ2n) is 2.27. The fourth-order valence-electron chi connectivity index (χ4n) is 0.780. The van der Waals surface area contributed by atoms with Crippen LogP contribution >= 0.6 is 0 Å². The van der Waals surface area contributed by atoms with Crippen molar-refractivity contribution in [1.29, 1.82) is 0 Å². The Bertz CT molecular complexity index is 223. The summed E-state index contributed by atoms with van der Waals surface area (Å²) in [4.78, 5) is 3.75. The molecule has 1 aromatic rings. The van der Waals surface area contributed by atoms with Crippen molar-refractivity contribution >= 4 is 5.95 Å². The Morgan fingerprint density at radius 1 is 1.73 bits per heavy atom. The molecule has 0 aliphatic rings. The number of nitrogens with two attached hydrogens (primary N) is 1. The molecule has 1 rings (SSSR count). The summed E-state index contributed by atoms with van der Waals surface area (Å²) in [7, 11) is 0. The highest BCUT2D eigenvalue weighted by atomic mass is 16.3. The molecule has 11 heavy (non-hydrogen) atoms. The van der Waals surface area contributed by atoms with Crippen LogP contribution in [0.3, 0.4) is 0 Å². The highest BCUT2D eigenvalue weighted by Crippen LogP contribution is 1.99. The maximum atomic E-state index is 9.00. The van der Waals surface area contributed by atoms with E-state index in [9.17, 15) is 0 Å². The van der Waals surface area contributed by atoms with Crippen LogP contribution in [-0.2, 0) is 6.54 Å². The lowest BCUT2D eigenvalue weighted by Gasteiger charge is -2.08. The first kappa shape index (κ1) is 8.03. The van der Waals surface area contributed by atoms with Crippen LogP contribution in [0.5, 0.6) is 0 Å². The van der Waals surface area contributed by atoms with Gasteiger partial charge in [0.25, 0.3) is 0 Å². The predicted octanol–water partition coefficient (Wildman–Crippen LogP) is -1.18. The molecule has 0 fully saturated rings. The van der Waals surface area contributed by atoms with Crippen LogP contribution in [0, 0.1) is 0 Å². The van der Waals surface area contributed by atoms with Crippen molar-refractivity contribution in [3.8, 4) is 0 Å². The van der Waals surface area contributed by atoms with E-state index < -0.39 is 6.10 Å². The normalized spacial score (nSPS) is 13.3. The average molecular weight is 157 g/mol. The first-order chi connectivity index (χ1) is 5.24. The number of imidazole rings is 1.